The van der Waals surface area contributed by atoms with E-state index in [4.69, 9.17) is 9.15 Å². The Morgan fingerprint density at radius 1 is 1.44 bits per heavy atom. The van der Waals surface area contributed by atoms with Crippen LogP contribution in [0.3, 0.4) is 0 Å². The van der Waals surface area contributed by atoms with E-state index < -0.39 is 0 Å². The summed E-state index contributed by atoms with van der Waals surface area (Å²) in [6.45, 7) is 3.01. The van der Waals surface area contributed by atoms with Crippen LogP contribution < -0.4 is 5.32 Å². The number of ether oxygens (including phenoxy) is 1. The number of carbonyl (C=O) groups is 3. The predicted molar refractivity (Wildman–Crippen MR) is 98.4 cm³/mol. The number of nitrogens with one attached hydrogen (secondary N) is 1. The number of thiazole rings is 1. The molecule has 3 heterocycles. The van der Waals surface area contributed by atoms with Gasteiger partial charge in [-0.05, 0) is 31.9 Å². The van der Waals surface area contributed by atoms with Crippen LogP contribution in [-0.4, -0.2) is 47.4 Å². The molecule has 144 valence electrons. The van der Waals surface area contributed by atoms with Gasteiger partial charge in [-0.1, -0.05) is 0 Å². The van der Waals surface area contributed by atoms with Crippen LogP contribution in [0.4, 0.5) is 5.13 Å². The number of aromatic nitrogens is 1. The first-order valence-corrected chi connectivity index (χ1v) is 9.68. The van der Waals surface area contributed by atoms with Gasteiger partial charge < -0.3 is 19.4 Å². The lowest BCUT2D eigenvalue weighted by atomic mass is 9.97. The standard InChI is InChI=1S/C18H21N3O5S/c1-2-25-15(22)9-13-11-27-18(19-13)20-16(23)12-5-3-7-21(10-12)17(24)14-6-4-8-26-14/h4,6,8,11-12H,2-3,5,7,9-10H2,1H3,(H,19,20,23). The van der Waals surface area contributed by atoms with Gasteiger partial charge >= 0.3 is 5.97 Å². The van der Waals surface area contributed by atoms with Gasteiger partial charge in [-0.3, -0.25) is 14.4 Å². The van der Waals surface area contributed by atoms with Crippen LogP contribution in [0.2, 0.25) is 0 Å². The van der Waals surface area contributed by atoms with Crippen molar-refractivity contribution >= 4 is 34.3 Å². The summed E-state index contributed by atoms with van der Waals surface area (Å²) in [5.74, 6) is -0.762. The van der Waals surface area contributed by atoms with Crippen LogP contribution in [0.15, 0.2) is 28.2 Å². The maximum Gasteiger partial charge on any atom is 0.311 e. The largest absolute Gasteiger partial charge is 0.466 e. The number of esters is 1. The van der Waals surface area contributed by atoms with Crippen molar-refractivity contribution in [3.05, 3.63) is 35.2 Å². The zero-order valence-electron chi connectivity index (χ0n) is 15.0. The molecule has 2 aromatic heterocycles. The molecule has 1 saturated heterocycles. The molecule has 1 atom stereocenters. The van der Waals surface area contributed by atoms with Gasteiger partial charge in [0.1, 0.15) is 0 Å². The molecule has 1 N–H and O–H groups in total. The van der Waals surface area contributed by atoms with E-state index in [-0.39, 0.29) is 35.9 Å². The van der Waals surface area contributed by atoms with Crippen molar-refractivity contribution in [3.8, 4) is 0 Å². The lowest BCUT2D eigenvalue weighted by Gasteiger charge is -2.31. The third-order valence-corrected chi connectivity index (χ3v) is 5.03. The Balaban J connectivity index is 1.55. The van der Waals surface area contributed by atoms with Gasteiger partial charge in [-0.2, -0.15) is 0 Å². The van der Waals surface area contributed by atoms with Crippen LogP contribution in [0.1, 0.15) is 36.0 Å². The summed E-state index contributed by atoms with van der Waals surface area (Å²) < 4.78 is 10.0. The summed E-state index contributed by atoms with van der Waals surface area (Å²) in [6.07, 6.45) is 2.98. The lowest BCUT2D eigenvalue weighted by Crippen LogP contribution is -2.43. The molecule has 27 heavy (non-hydrogen) atoms. The average molecular weight is 391 g/mol. The molecule has 1 aliphatic rings. The molecule has 1 unspecified atom stereocenters. The van der Waals surface area contributed by atoms with E-state index in [1.165, 1.54) is 17.6 Å². The van der Waals surface area contributed by atoms with E-state index in [1.54, 1.807) is 29.3 Å². The van der Waals surface area contributed by atoms with Gasteiger partial charge in [0, 0.05) is 18.5 Å². The number of carbonyl (C=O) groups excluding carboxylic acids is 3. The summed E-state index contributed by atoms with van der Waals surface area (Å²) in [5.41, 5.74) is 0.562. The fraction of sp³-hybridized carbons (Fsp3) is 0.444. The van der Waals surface area contributed by atoms with Gasteiger partial charge in [-0.15, -0.1) is 11.3 Å². The van der Waals surface area contributed by atoms with E-state index in [9.17, 15) is 14.4 Å². The number of anilines is 1. The normalized spacial score (nSPS) is 16.8. The summed E-state index contributed by atoms with van der Waals surface area (Å²) >= 11 is 1.26. The highest BCUT2D eigenvalue weighted by Gasteiger charge is 2.30. The third kappa shape index (κ3) is 4.94. The van der Waals surface area contributed by atoms with Crippen LogP contribution in [0.25, 0.3) is 0 Å². The molecule has 9 heteroatoms. The topological polar surface area (TPSA) is 102 Å². The summed E-state index contributed by atoms with van der Waals surface area (Å²) in [5, 5.41) is 4.95. The highest BCUT2D eigenvalue weighted by molar-refractivity contribution is 7.13. The first-order chi connectivity index (χ1) is 13.1. The lowest BCUT2D eigenvalue weighted by molar-refractivity contribution is -0.142. The highest BCUT2D eigenvalue weighted by Crippen LogP contribution is 2.22. The van der Waals surface area contributed by atoms with Crippen molar-refractivity contribution < 1.29 is 23.5 Å². The zero-order chi connectivity index (χ0) is 19.2. The van der Waals surface area contributed by atoms with Gasteiger partial charge in [0.25, 0.3) is 5.91 Å². The number of hydrogen-bond donors (Lipinski definition) is 1. The van der Waals surface area contributed by atoms with Crippen LogP contribution >= 0.6 is 11.3 Å². The molecule has 1 aliphatic heterocycles. The van der Waals surface area contributed by atoms with Crippen LogP contribution in [0, 0.1) is 5.92 Å². The number of rotatable bonds is 6. The fourth-order valence-electron chi connectivity index (χ4n) is 2.94. The van der Waals surface area contributed by atoms with Crippen LogP contribution in [0.5, 0.6) is 0 Å². The van der Waals surface area contributed by atoms with Crippen molar-refractivity contribution in [2.24, 2.45) is 5.92 Å². The van der Waals surface area contributed by atoms with Crippen molar-refractivity contribution in [1.82, 2.24) is 9.88 Å². The molecule has 1 fully saturated rings. The monoisotopic (exact) mass is 391 g/mol. The Morgan fingerprint density at radius 2 is 2.30 bits per heavy atom. The number of hydrogen-bond acceptors (Lipinski definition) is 7. The number of furan rings is 1. The SMILES string of the molecule is CCOC(=O)Cc1csc(NC(=O)C2CCCN(C(=O)c3ccco3)C2)n1. The van der Waals surface area contributed by atoms with Gasteiger partial charge in [0.15, 0.2) is 10.9 Å². The summed E-state index contributed by atoms with van der Waals surface area (Å²) in [6, 6.07) is 3.28. The number of likely N-dealkylation sites (tertiary alicyclic amines) is 1. The molecule has 0 radical (unpaired) electrons. The Labute approximate surface area is 160 Å². The molecule has 8 nitrogen and oxygen atoms in total. The van der Waals surface area contributed by atoms with Gasteiger partial charge in [0.05, 0.1) is 30.9 Å². The smallest absolute Gasteiger partial charge is 0.311 e. The molecule has 0 aliphatic carbocycles. The minimum absolute atomic E-state index is 0.0784. The number of piperidine rings is 1. The molecule has 0 spiro atoms. The van der Waals surface area contributed by atoms with Crippen molar-refractivity contribution in [1.29, 1.82) is 0 Å². The fourth-order valence-corrected chi connectivity index (χ4v) is 3.66. The quantitative estimate of drug-likeness (QED) is 0.759. The third-order valence-electron chi connectivity index (χ3n) is 4.22. The zero-order valence-corrected chi connectivity index (χ0v) is 15.8. The van der Waals surface area contributed by atoms with Crippen molar-refractivity contribution in [3.63, 3.8) is 0 Å². The summed E-state index contributed by atoms with van der Waals surface area (Å²) in [4.78, 5) is 42.3. The average Bonchev–Trinajstić information content (AvgIpc) is 3.34. The molecule has 2 aromatic rings. The minimum Gasteiger partial charge on any atom is -0.466 e. The van der Waals surface area contributed by atoms with E-state index in [2.05, 4.69) is 10.3 Å². The molecular formula is C18H21N3O5S. The Kier molecular flexibility index (Phi) is 6.23. The second-order valence-corrected chi connectivity index (χ2v) is 7.04. The van der Waals surface area contributed by atoms with Gasteiger partial charge in [0.2, 0.25) is 5.91 Å². The molecule has 0 aromatic carbocycles. The van der Waals surface area contributed by atoms with Crippen LogP contribution in [-0.2, 0) is 20.7 Å². The highest BCUT2D eigenvalue weighted by atomic mass is 32.1. The second-order valence-electron chi connectivity index (χ2n) is 6.18. The second kappa shape index (κ2) is 8.81. The minimum atomic E-state index is -0.347. The van der Waals surface area contributed by atoms with Gasteiger partial charge in [-0.25, -0.2) is 4.98 Å². The molecule has 3 rings (SSSR count). The van der Waals surface area contributed by atoms with E-state index in [0.29, 0.717) is 36.9 Å². The maximum atomic E-state index is 12.6. The first-order valence-electron chi connectivity index (χ1n) is 8.80. The van der Waals surface area contributed by atoms with Crippen molar-refractivity contribution in [2.75, 3.05) is 25.0 Å². The molecule has 0 saturated carbocycles. The molecular weight excluding hydrogens is 370 g/mol. The van der Waals surface area contributed by atoms with E-state index in [1.807, 2.05) is 0 Å². The Morgan fingerprint density at radius 3 is 3.04 bits per heavy atom. The van der Waals surface area contributed by atoms with Crippen molar-refractivity contribution in [2.45, 2.75) is 26.2 Å². The van der Waals surface area contributed by atoms with E-state index in [0.717, 1.165) is 6.42 Å². The molecule has 2 amide bonds. The molecule has 0 bridgehead atoms. The van der Waals surface area contributed by atoms with E-state index >= 15 is 0 Å². The Hall–Kier alpha value is -2.68. The number of amides is 2. The predicted octanol–water partition coefficient (Wildman–Crippen LogP) is 2.33. The Bertz CT molecular complexity index is 802. The summed E-state index contributed by atoms with van der Waals surface area (Å²) in [7, 11) is 0. The first kappa shape index (κ1) is 19.1. The number of nitrogens with zero attached hydrogens (tertiary/aromatic N) is 2. The maximum absolute atomic E-state index is 12.6.